The number of anilines is 1. The van der Waals surface area contributed by atoms with Crippen LogP contribution in [0.25, 0.3) is 0 Å². The van der Waals surface area contributed by atoms with Crippen LogP contribution >= 0.6 is 22.9 Å². The van der Waals surface area contributed by atoms with E-state index in [1.807, 2.05) is 13.8 Å². The number of hydrogen-bond donors (Lipinski definition) is 2. The van der Waals surface area contributed by atoms with Gasteiger partial charge in [-0.1, -0.05) is 36.8 Å². The van der Waals surface area contributed by atoms with Gasteiger partial charge in [-0.25, -0.2) is 13.1 Å². The molecule has 0 aliphatic carbocycles. The first-order valence-corrected chi connectivity index (χ1v) is 10.2. The zero-order valence-corrected chi connectivity index (χ0v) is 16.6. The highest BCUT2D eigenvalue weighted by molar-refractivity contribution is 7.89. The fourth-order valence-corrected chi connectivity index (χ4v) is 4.13. The molecule has 2 N–H and O–H groups in total. The van der Waals surface area contributed by atoms with Gasteiger partial charge in [0.1, 0.15) is 5.01 Å². The van der Waals surface area contributed by atoms with Crippen molar-refractivity contribution >= 4 is 44.0 Å². The zero-order valence-electron chi connectivity index (χ0n) is 14.2. The van der Waals surface area contributed by atoms with E-state index in [0.29, 0.717) is 5.13 Å². The Hall–Kier alpha value is -1.55. The van der Waals surface area contributed by atoms with Crippen molar-refractivity contribution in [3.05, 3.63) is 33.8 Å². The maximum Gasteiger partial charge on any atom is 0.259 e. The summed E-state index contributed by atoms with van der Waals surface area (Å²) in [6, 6.07) is 3.71. The molecule has 0 fully saturated rings. The lowest BCUT2D eigenvalue weighted by Crippen LogP contribution is -2.30. The predicted octanol–water partition coefficient (Wildman–Crippen LogP) is 3.25. The van der Waals surface area contributed by atoms with Crippen LogP contribution in [0.1, 0.15) is 49.0 Å². The highest BCUT2D eigenvalue weighted by Gasteiger charge is 2.20. The van der Waals surface area contributed by atoms with Crippen LogP contribution in [0.5, 0.6) is 0 Å². The van der Waals surface area contributed by atoms with E-state index >= 15 is 0 Å². The Morgan fingerprint density at radius 1 is 1.20 bits per heavy atom. The number of nitrogens with zero attached hydrogens (tertiary/aromatic N) is 2. The van der Waals surface area contributed by atoms with Gasteiger partial charge in [0.2, 0.25) is 15.2 Å². The fourth-order valence-electron chi connectivity index (χ4n) is 1.91. The summed E-state index contributed by atoms with van der Waals surface area (Å²) in [5.74, 6) is -0.347. The molecule has 2 aromatic rings. The Morgan fingerprint density at radius 3 is 2.44 bits per heavy atom. The van der Waals surface area contributed by atoms with Gasteiger partial charge < -0.3 is 0 Å². The van der Waals surface area contributed by atoms with E-state index in [9.17, 15) is 13.2 Å². The van der Waals surface area contributed by atoms with Gasteiger partial charge in [0.15, 0.2) is 0 Å². The van der Waals surface area contributed by atoms with Crippen LogP contribution in [0.4, 0.5) is 5.13 Å². The van der Waals surface area contributed by atoms with Crippen LogP contribution in [-0.2, 0) is 10.0 Å². The van der Waals surface area contributed by atoms with Gasteiger partial charge in [-0.2, -0.15) is 0 Å². The second-order valence-corrected chi connectivity index (χ2v) is 9.10. The number of sulfonamides is 1. The first-order chi connectivity index (χ1) is 11.6. The lowest BCUT2D eigenvalue weighted by atomic mass is 10.2. The third-order valence-electron chi connectivity index (χ3n) is 3.04. The molecule has 0 spiro atoms. The van der Waals surface area contributed by atoms with E-state index in [1.54, 1.807) is 13.8 Å². The van der Waals surface area contributed by atoms with Crippen molar-refractivity contribution in [3.63, 3.8) is 0 Å². The number of benzene rings is 1. The van der Waals surface area contributed by atoms with E-state index in [-0.39, 0.29) is 27.4 Å². The van der Waals surface area contributed by atoms with E-state index in [2.05, 4.69) is 20.2 Å². The van der Waals surface area contributed by atoms with Crippen LogP contribution in [0.3, 0.4) is 0 Å². The molecule has 0 atom stereocenters. The summed E-state index contributed by atoms with van der Waals surface area (Å²) >= 11 is 7.32. The topological polar surface area (TPSA) is 101 Å². The second-order valence-electron chi connectivity index (χ2n) is 5.97. The molecule has 1 amide bonds. The van der Waals surface area contributed by atoms with Crippen LogP contribution in [-0.4, -0.2) is 30.6 Å². The molecular weight excluding hydrogens is 384 g/mol. The molecule has 1 aromatic heterocycles. The molecule has 1 aromatic carbocycles. The number of nitrogens with one attached hydrogen (secondary N) is 2. The zero-order chi connectivity index (χ0) is 18.8. The molecule has 10 heteroatoms. The van der Waals surface area contributed by atoms with Crippen molar-refractivity contribution in [2.45, 2.75) is 44.6 Å². The monoisotopic (exact) mass is 402 g/mol. The Labute approximate surface area is 155 Å². The molecule has 0 saturated carbocycles. The van der Waals surface area contributed by atoms with Crippen molar-refractivity contribution < 1.29 is 13.2 Å². The summed E-state index contributed by atoms with van der Waals surface area (Å²) in [5, 5.41) is 11.8. The lowest BCUT2D eigenvalue weighted by molar-refractivity contribution is 0.102. The van der Waals surface area contributed by atoms with Crippen LogP contribution < -0.4 is 10.0 Å². The molecule has 0 bridgehead atoms. The Kier molecular flexibility index (Phi) is 6.15. The molecule has 1 heterocycles. The van der Waals surface area contributed by atoms with Crippen LogP contribution in [0, 0.1) is 0 Å². The Balaban J connectivity index is 2.28. The first-order valence-electron chi connectivity index (χ1n) is 7.56. The van der Waals surface area contributed by atoms with Crippen LogP contribution in [0.2, 0.25) is 5.02 Å². The molecule has 0 unspecified atom stereocenters. The highest BCUT2D eigenvalue weighted by atomic mass is 35.5. The minimum Gasteiger partial charge on any atom is -0.296 e. The smallest absolute Gasteiger partial charge is 0.259 e. The third kappa shape index (κ3) is 4.97. The maximum atomic E-state index is 12.4. The second kappa shape index (κ2) is 7.77. The molecule has 0 aliphatic rings. The minimum atomic E-state index is -3.73. The van der Waals surface area contributed by atoms with Gasteiger partial charge in [0.25, 0.3) is 5.91 Å². The van der Waals surface area contributed by atoms with Crippen molar-refractivity contribution in [1.29, 1.82) is 0 Å². The number of amides is 1. The third-order valence-corrected chi connectivity index (χ3v) is 6.16. The Bertz CT molecular complexity index is 879. The summed E-state index contributed by atoms with van der Waals surface area (Å²) in [7, 11) is -3.73. The lowest BCUT2D eigenvalue weighted by Gasteiger charge is -2.11. The number of aromatic nitrogens is 2. The van der Waals surface area contributed by atoms with Gasteiger partial charge in [-0.05, 0) is 32.0 Å². The molecular formula is C15H19ClN4O3S2. The van der Waals surface area contributed by atoms with Crippen LogP contribution in [0.15, 0.2) is 23.1 Å². The fraction of sp³-hybridized carbons (Fsp3) is 0.400. The van der Waals surface area contributed by atoms with Crippen molar-refractivity contribution in [2.24, 2.45) is 0 Å². The standard InChI is InChI=1S/C15H19ClN4O3S2/c1-8(2)14-18-19-15(24-14)17-13(21)11-7-10(5-6-12(11)16)25(22,23)20-9(3)4/h5-9,20H,1-4H3,(H,17,19,21). The molecule has 0 aliphatic heterocycles. The summed E-state index contributed by atoms with van der Waals surface area (Å²) in [6.07, 6.45) is 0. The number of carbonyl (C=O) groups is 1. The molecule has 136 valence electrons. The van der Waals surface area contributed by atoms with Crippen molar-refractivity contribution in [1.82, 2.24) is 14.9 Å². The van der Waals surface area contributed by atoms with Crippen molar-refractivity contribution in [2.75, 3.05) is 5.32 Å². The normalized spacial score (nSPS) is 12.0. The first kappa shape index (κ1) is 19.8. The average Bonchev–Trinajstić information content (AvgIpc) is 2.94. The predicted molar refractivity (Wildman–Crippen MR) is 98.9 cm³/mol. The quantitative estimate of drug-likeness (QED) is 0.772. The summed E-state index contributed by atoms with van der Waals surface area (Å²) in [5.41, 5.74) is 0.0506. The molecule has 7 nitrogen and oxygen atoms in total. The highest BCUT2D eigenvalue weighted by Crippen LogP contribution is 2.25. The summed E-state index contributed by atoms with van der Waals surface area (Å²) in [4.78, 5) is 12.4. The molecule has 25 heavy (non-hydrogen) atoms. The van der Waals surface area contributed by atoms with Gasteiger partial charge >= 0.3 is 0 Å². The van der Waals surface area contributed by atoms with E-state index in [4.69, 9.17) is 11.6 Å². The summed E-state index contributed by atoms with van der Waals surface area (Å²) in [6.45, 7) is 7.36. The number of carbonyl (C=O) groups excluding carboxylic acids is 1. The van der Waals surface area contributed by atoms with E-state index in [1.165, 1.54) is 29.5 Å². The molecule has 2 rings (SSSR count). The SMILES string of the molecule is CC(C)NS(=O)(=O)c1ccc(Cl)c(C(=O)Nc2nnc(C(C)C)s2)c1. The van der Waals surface area contributed by atoms with E-state index < -0.39 is 15.9 Å². The minimum absolute atomic E-state index is 0.0316. The largest absolute Gasteiger partial charge is 0.296 e. The summed E-state index contributed by atoms with van der Waals surface area (Å²) < 4.78 is 27.0. The number of hydrogen-bond acceptors (Lipinski definition) is 6. The number of rotatable bonds is 6. The average molecular weight is 403 g/mol. The Morgan fingerprint density at radius 2 is 1.88 bits per heavy atom. The van der Waals surface area contributed by atoms with E-state index in [0.717, 1.165) is 5.01 Å². The van der Waals surface area contributed by atoms with Crippen molar-refractivity contribution in [3.8, 4) is 0 Å². The molecule has 0 saturated heterocycles. The van der Waals surface area contributed by atoms with Gasteiger partial charge in [0.05, 0.1) is 15.5 Å². The van der Waals surface area contributed by atoms with Gasteiger partial charge in [-0.15, -0.1) is 10.2 Å². The number of halogens is 1. The van der Waals surface area contributed by atoms with Gasteiger partial charge in [0, 0.05) is 12.0 Å². The molecule has 0 radical (unpaired) electrons. The maximum absolute atomic E-state index is 12.4. The van der Waals surface area contributed by atoms with Gasteiger partial charge in [-0.3, -0.25) is 10.1 Å².